The number of hydrogen-bond donors (Lipinski definition) is 4. The van der Waals surface area contributed by atoms with Crippen molar-refractivity contribution < 1.29 is 19.7 Å². The predicted octanol–water partition coefficient (Wildman–Crippen LogP) is 4.67. The van der Waals surface area contributed by atoms with E-state index in [4.69, 9.17) is 10.5 Å². The third-order valence-corrected chi connectivity index (χ3v) is 5.62. The van der Waals surface area contributed by atoms with Gasteiger partial charge >= 0.3 is 0 Å². The SMILES string of the molecule is NC(=O)c1ccc(-c2ccccc2Oc2ccccc2O)cc1N[C@H]1CC[C@H](O)CC1. The summed E-state index contributed by atoms with van der Waals surface area (Å²) in [6.45, 7) is 0. The lowest BCUT2D eigenvalue weighted by Gasteiger charge is -2.28. The molecule has 0 radical (unpaired) electrons. The van der Waals surface area contributed by atoms with Crippen LogP contribution in [0.4, 0.5) is 5.69 Å². The number of nitrogens with one attached hydrogen (secondary N) is 1. The molecule has 5 N–H and O–H groups in total. The van der Waals surface area contributed by atoms with Crippen molar-refractivity contribution in [1.82, 2.24) is 0 Å². The molecular weight excluding hydrogens is 392 g/mol. The van der Waals surface area contributed by atoms with E-state index in [0.717, 1.165) is 36.8 Å². The smallest absolute Gasteiger partial charge is 0.250 e. The maximum Gasteiger partial charge on any atom is 0.250 e. The first kappa shape index (κ1) is 20.8. The Bertz CT molecular complexity index is 1070. The van der Waals surface area contributed by atoms with Crippen LogP contribution >= 0.6 is 0 Å². The molecule has 6 heteroatoms. The van der Waals surface area contributed by atoms with Crippen LogP contribution in [-0.2, 0) is 0 Å². The van der Waals surface area contributed by atoms with Crippen LogP contribution < -0.4 is 15.8 Å². The summed E-state index contributed by atoms with van der Waals surface area (Å²) in [5.74, 6) is 0.511. The van der Waals surface area contributed by atoms with Gasteiger partial charge in [0.1, 0.15) is 5.75 Å². The van der Waals surface area contributed by atoms with Crippen LogP contribution in [0.15, 0.2) is 66.7 Å². The van der Waals surface area contributed by atoms with E-state index in [9.17, 15) is 15.0 Å². The number of phenolic OH excluding ortho intramolecular Hbond substituents is 1. The molecule has 0 aromatic heterocycles. The molecule has 160 valence electrons. The number of benzene rings is 3. The number of aliphatic hydroxyl groups excluding tert-OH is 1. The minimum absolute atomic E-state index is 0.0585. The third-order valence-electron chi connectivity index (χ3n) is 5.62. The topological polar surface area (TPSA) is 105 Å². The van der Waals surface area contributed by atoms with E-state index in [1.165, 1.54) is 0 Å². The van der Waals surface area contributed by atoms with Crippen molar-refractivity contribution in [2.45, 2.75) is 37.8 Å². The zero-order valence-corrected chi connectivity index (χ0v) is 17.1. The Kier molecular flexibility index (Phi) is 6.09. The van der Waals surface area contributed by atoms with Gasteiger partial charge in [0.25, 0.3) is 5.91 Å². The van der Waals surface area contributed by atoms with E-state index in [-0.39, 0.29) is 17.9 Å². The number of nitrogens with two attached hydrogens (primary N) is 1. The highest BCUT2D eigenvalue weighted by molar-refractivity contribution is 5.99. The molecule has 0 atom stereocenters. The molecule has 0 spiro atoms. The summed E-state index contributed by atoms with van der Waals surface area (Å²) in [6, 6.07) is 20.0. The number of para-hydroxylation sites is 3. The molecule has 6 nitrogen and oxygen atoms in total. The monoisotopic (exact) mass is 418 g/mol. The highest BCUT2D eigenvalue weighted by Crippen LogP contribution is 2.38. The summed E-state index contributed by atoms with van der Waals surface area (Å²) in [5, 5.41) is 23.3. The van der Waals surface area contributed by atoms with Crippen molar-refractivity contribution in [2.24, 2.45) is 5.73 Å². The van der Waals surface area contributed by atoms with Gasteiger partial charge in [-0.2, -0.15) is 0 Å². The second kappa shape index (κ2) is 9.10. The number of carbonyl (C=O) groups is 1. The number of aromatic hydroxyl groups is 1. The van der Waals surface area contributed by atoms with Gasteiger partial charge in [-0.05, 0) is 61.6 Å². The molecule has 0 unspecified atom stereocenters. The van der Waals surface area contributed by atoms with Crippen molar-refractivity contribution in [3.8, 4) is 28.4 Å². The number of primary amides is 1. The van der Waals surface area contributed by atoms with E-state index in [1.807, 2.05) is 36.4 Å². The maximum atomic E-state index is 12.0. The highest BCUT2D eigenvalue weighted by Gasteiger charge is 2.21. The Balaban J connectivity index is 1.67. The minimum atomic E-state index is -0.497. The zero-order valence-electron chi connectivity index (χ0n) is 17.1. The van der Waals surface area contributed by atoms with Gasteiger partial charge in [0.15, 0.2) is 11.5 Å². The number of carbonyl (C=O) groups excluding carboxylic acids is 1. The van der Waals surface area contributed by atoms with Gasteiger partial charge in [-0.1, -0.05) is 36.4 Å². The molecule has 1 amide bonds. The van der Waals surface area contributed by atoms with Gasteiger partial charge in [0.05, 0.1) is 11.7 Å². The van der Waals surface area contributed by atoms with Crippen LogP contribution in [0.1, 0.15) is 36.0 Å². The average molecular weight is 418 g/mol. The second-order valence-corrected chi connectivity index (χ2v) is 7.84. The minimum Gasteiger partial charge on any atom is -0.504 e. The first-order valence-electron chi connectivity index (χ1n) is 10.4. The summed E-state index contributed by atoms with van der Waals surface area (Å²) in [7, 11) is 0. The van der Waals surface area contributed by atoms with E-state index in [2.05, 4.69) is 5.32 Å². The van der Waals surface area contributed by atoms with Crippen molar-refractivity contribution in [3.63, 3.8) is 0 Å². The van der Waals surface area contributed by atoms with Gasteiger partial charge in [-0.25, -0.2) is 0 Å². The normalized spacial score (nSPS) is 18.4. The molecule has 3 aromatic carbocycles. The van der Waals surface area contributed by atoms with Crippen molar-refractivity contribution in [3.05, 3.63) is 72.3 Å². The van der Waals surface area contributed by atoms with Crippen LogP contribution in [-0.4, -0.2) is 28.3 Å². The Hall–Kier alpha value is -3.51. The number of phenols is 1. The quantitative estimate of drug-likeness (QED) is 0.466. The van der Waals surface area contributed by atoms with Gasteiger partial charge < -0.3 is 26.0 Å². The number of hydrogen-bond acceptors (Lipinski definition) is 5. The fourth-order valence-electron chi connectivity index (χ4n) is 3.94. The average Bonchev–Trinajstić information content (AvgIpc) is 2.77. The van der Waals surface area contributed by atoms with E-state index < -0.39 is 5.91 Å². The summed E-state index contributed by atoms with van der Waals surface area (Å²) < 4.78 is 5.98. The van der Waals surface area contributed by atoms with Crippen LogP contribution in [0.2, 0.25) is 0 Å². The lowest BCUT2D eigenvalue weighted by atomic mass is 9.92. The van der Waals surface area contributed by atoms with Crippen LogP contribution in [0, 0.1) is 0 Å². The molecule has 0 saturated heterocycles. The summed E-state index contributed by atoms with van der Waals surface area (Å²) in [4.78, 5) is 12.0. The standard InChI is InChI=1S/C25H26N2O4/c26-25(30)20-14-9-16(15-21(20)27-17-10-12-18(28)13-11-17)19-5-1-3-7-23(19)31-24-8-4-2-6-22(24)29/h1-9,14-15,17-18,27-29H,10-13H2,(H2,26,30)/t17-,18-. The predicted molar refractivity (Wildman–Crippen MR) is 120 cm³/mol. The highest BCUT2D eigenvalue weighted by atomic mass is 16.5. The summed E-state index contributed by atoms with van der Waals surface area (Å²) >= 11 is 0. The lowest BCUT2D eigenvalue weighted by molar-refractivity contribution is 0.100. The lowest BCUT2D eigenvalue weighted by Crippen LogP contribution is -2.29. The molecule has 1 aliphatic carbocycles. The van der Waals surface area contributed by atoms with Crippen LogP contribution in [0.3, 0.4) is 0 Å². The van der Waals surface area contributed by atoms with E-state index in [0.29, 0.717) is 22.7 Å². The number of aliphatic hydroxyl groups is 1. The maximum absolute atomic E-state index is 12.0. The van der Waals surface area contributed by atoms with Crippen LogP contribution in [0.25, 0.3) is 11.1 Å². The zero-order chi connectivity index (χ0) is 21.8. The molecule has 1 fully saturated rings. The molecule has 0 bridgehead atoms. The Morgan fingerprint density at radius 1 is 0.935 bits per heavy atom. The van der Waals surface area contributed by atoms with Gasteiger partial charge in [-0.15, -0.1) is 0 Å². The largest absolute Gasteiger partial charge is 0.504 e. The Morgan fingerprint density at radius 2 is 1.61 bits per heavy atom. The first-order valence-corrected chi connectivity index (χ1v) is 10.4. The molecule has 0 aliphatic heterocycles. The summed E-state index contributed by atoms with van der Waals surface area (Å²) in [6.07, 6.45) is 2.88. The number of amides is 1. The number of rotatable bonds is 6. The third kappa shape index (κ3) is 4.81. The number of anilines is 1. The van der Waals surface area contributed by atoms with E-state index in [1.54, 1.807) is 30.3 Å². The number of ether oxygens (including phenoxy) is 1. The molecule has 31 heavy (non-hydrogen) atoms. The van der Waals surface area contributed by atoms with Gasteiger partial charge in [0.2, 0.25) is 0 Å². The second-order valence-electron chi connectivity index (χ2n) is 7.84. The van der Waals surface area contributed by atoms with Crippen LogP contribution in [0.5, 0.6) is 17.2 Å². The molecule has 0 heterocycles. The van der Waals surface area contributed by atoms with E-state index >= 15 is 0 Å². The molecular formula is C25H26N2O4. The molecule has 3 aromatic rings. The first-order chi connectivity index (χ1) is 15.0. The molecule has 1 saturated carbocycles. The van der Waals surface area contributed by atoms with Gasteiger partial charge in [-0.3, -0.25) is 4.79 Å². The van der Waals surface area contributed by atoms with Gasteiger partial charge in [0, 0.05) is 17.3 Å². The van der Waals surface area contributed by atoms with Crippen molar-refractivity contribution >= 4 is 11.6 Å². The summed E-state index contributed by atoms with van der Waals surface area (Å²) in [5.41, 5.74) is 8.38. The van der Waals surface area contributed by atoms with Crippen molar-refractivity contribution in [2.75, 3.05) is 5.32 Å². The fourth-order valence-corrected chi connectivity index (χ4v) is 3.94. The Morgan fingerprint density at radius 3 is 2.32 bits per heavy atom. The fraction of sp³-hybridized carbons (Fsp3) is 0.240. The Labute approximate surface area is 181 Å². The molecule has 1 aliphatic rings. The van der Waals surface area contributed by atoms with Crippen molar-refractivity contribution in [1.29, 1.82) is 0 Å². The molecule has 4 rings (SSSR count).